The quantitative estimate of drug-likeness (QED) is 0.540. The van der Waals surface area contributed by atoms with E-state index >= 15 is 0 Å². The zero-order valence-electron chi connectivity index (χ0n) is 19.7. The summed E-state index contributed by atoms with van der Waals surface area (Å²) in [5.41, 5.74) is 2.78. The van der Waals surface area contributed by atoms with Crippen molar-refractivity contribution in [1.82, 2.24) is 9.88 Å². The van der Waals surface area contributed by atoms with Crippen LogP contribution >= 0.6 is 11.8 Å². The number of amides is 2. The van der Waals surface area contributed by atoms with E-state index in [9.17, 15) is 14.4 Å². The Morgan fingerprint density at radius 1 is 1.09 bits per heavy atom. The van der Waals surface area contributed by atoms with Gasteiger partial charge in [-0.2, -0.15) is 0 Å². The Hall–Kier alpha value is -3.53. The molecule has 0 bridgehead atoms. The fourth-order valence-electron chi connectivity index (χ4n) is 3.49. The zero-order valence-corrected chi connectivity index (χ0v) is 20.5. The molecule has 1 aromatic carbocycles. The second-order valence-electron chi connectivity index (χ2n) is 7.57. The molecule has 2 heterocycles. The van der Waals surface area contributed by atoms with Gasteiger partial charge in [0.2, 0.25) is 5.91 Å². The van der Waals surface area contributed by atoms with E-state index in [4.69, 9.17) is 9.47 Å². The minimum absolute atomic E-state index is 0.0646. The van der Waals surface area contributed by atoms with Gasteiger partial charge in [0.05, 0.1) is 32.6 Å². The summed E-state index contributed by atoms with van der Waals surface area (Å²) in [6.07, 6.45) is 1.34. The molecule has 0 fully saturated rings. The number of hydrogen-bond donors (Lipinski definition) is 1. The van der Waals surface area contributed by atoms with Gasteiger partial charge in [0.1, 0.15) is 11.2 Å². The predicted molar refractivity (Wildman–Crippen MR) is 129 cm³/mol. The SMILES string of the molecule is COC(=O)c1ccc(NC(=O)CSC2C(C)=C(C)C(=O)N2Cc2ccc(OC)c(OC)c2)nc1. The molecule has 0 radical (unpaired) electrons. The molecule has 1 aliphatic heterocycles. The van der Waals surface area contributed by atoms with E-state index in [2.05, 4.69) is 15.0 Å². The third kappa shape index (κ3) is 5.51. The smallest absolute Gasteiger partial charge is 0.339 e. The fraction of sp³-hybridized carbons (Fsp3) is 0.333. The number of ether oxygens (including phenoxy) is 3. The molecule has 34 heavy (non-hydrogen) atoms. The molecule has 0 spiro atoms. The normalized spacial score (nSPS) is 15.4. The molecule has 1 aromatic heterocycles. The van der Waals surface area contributed by atoms with Crippen molar-refractivity contribution in [1.29, 1.82) is 0 Å². The lowest BCUT2D eigenvalue weighted by Gasteiger charge is -2.26. The maximum absolute atomic E-state index is 12.9. The highest BCUT2D eigenvalue weighted by atomic mass is 32.2. The predicted octanol–water partition coefficient (Wildman–Crippen LogP) is 3.26. The molecule has 2 aromatic rings. The molecular formula is C24H27N3O6S. The number of rotatable bonds is 9. The number of thioether (sulfide) groups is 1. The summed E-state index contributed by atoms with van der Waals surface area (Å²) < 4.78 is 15.3. The molecule has 1 aliphatic rings. The number of nitrogens with zero attached hydrogens (tertiary/aromatic N) is 2. The van der Waals surface area contributed by atoms with Gasteiger partial charge in [0.25, 0.3) is 5.91 Å². The largest absolute Gasteiger partial charge is 0.493 e. The van der Waals surface area contributed by atoms with E-state index in [1.807, 2.05) is 19.1 Å². The summed E-state index contributed by atoms with van der Waals surface area (Å²) in [7, 11) is 4.42. The lowest BCUT2D eigenvalue weighted by atomic mass is 10.2. The van der Waals surface area contributed by atoms with Crippen molar-refractivity contribution in [2.24, 2.45) is 0 Å². The average molecular weight is 486 g/mol. The number of pyridine rings is 1. The van der Waals surface area contributed by atoms with Crippen LogP contribution in [-0.2, 0) is 20.9 Å². The average Bonchev–Trinajstić information content (AvgIpc) is 3.05. The maximum Gasteiger partial charge on any atom is 0.339 e. The van der Waals surface area contributed by atoms with Crippen LogP contribution in [0.15, 0.2) is 47.7 Å². The summed E-state index contributed by atoms with van der Waals surface area (Å²) in [6, 6.07) is 8.59. The summed E-state index contributed by atoms with van der Waals surface area (Å²) in [4.78, 5) is 42.7. The van der Waals surface area contributed by atoms with Crippen LogP contribution in [0, 0.1) is 0 Å². The second kappa shape index (κ2) is 11.1. The van der Waals surface area contributed by atoms with Crippen molar-refractivity contribution in [2.45, 2.75) is 25.8 Å². The molecular weight excluding hydrogens is 458 g/mol. The second-order valence-corrected chi connectivity index (χ2v) is 8.63. The van der Waals surface area contributed by atoms with Gasteiger partial charge in [0.15, 0.2) is 11.5 Å². The lowest BCUT2D eigenvalue weighted by molar-refractivity contribution is -0.126. The number of hydrogen-bond acceptors (Lipinski definition) is 8. The molecule has 0 aliphatic carbocycles. The number of aromatic nitrogens is 1. The van der Waals surface area contributed by atoms with Crippen molar-refractivity contribution >= 4 is 35.4 Å². The molecule has 0 saturated heterocycles. The third-order valence-electron chi connectivity index (χ3n) is 5.45. The first-order valence-electron chi connectivity index (χ1n) is 10.4. The lowest BCUT2D eigenvalue weighted by Crippen LogP contribution is -2.34. The van der Waals surface area contributed by atoms with Crippen LogP contribution in [0.25, 0.3) is 0 Å². The van der Waals surface area contributed by atoms with Crippen LogP contribution in [-0.4, -0.2) is 60.1 Å². The molecule has 3 rings (SSSR count). The molecule has 1 N–H and O–H groups in total. The Kier molecular flexibility index (Phi) is 8.17. The van der Waals surface area contributed by atoms with Gasteiger partial charge in [-0.3, -0.25) is 9.59 Å². The van der Waals surface area contributed by atoms with Crippen LogP contribution < -0.4 is 14.8 Å². The Morgan fingerprint density at radius 2 is 1.82 bits per heavy atom. The van der Waals surface area contributed by atoms with Crippen molar-refractivity contribution in [3.8, 4) is 11.5 Å². The molecule has 1 unspecified atom stereocenters. The molecule has 180 valence electrons. The number of benzene rings is 1. The molecule has 10 heteroatoms. The number of carbonyl (C=O) groups excluding carboxylic acids is 3. The molecule has 0 saturated carbocycles. The van der Waals surface area contributed by atoms with E-state index < -0.39 is 5.97 Å². The maximum atomic E-state index is 12.9. The number of nitrogens with one attached hydrogen (secondary N) is 1. The minimum Gasteiger partial charge on any atom is -0.493 e. The van der Waals surface area contributed by atoms with Gasteiger partial charge in [-0.25, -0.2) is 9.78 Å². The first kappa shape index (κ1) is 25.1. The van der Waals surface area contributed by atoms with Gasteiger partial charge in [-0.1, -0.05) is 6.07 Å². The van der Waals surface area contributed by atoms with Crippen molar-refractivity contribution in [3.63, 3.8) is 0 Å². The first-order chi connectivity index (χ1) is 16.3. The third-order valence-corrected chi connectivity index (χ3v) is 6.80. The van der Waals surface area contributed by atoms with E-state index in [1.165, 1.54) is 37.2 Å². The monoisotopic (exact) mass is 485 g/mol. The summed E-state index contributed by atoms with van der Waals surface area (Å²) >= 11 is 1.36. The zero-order chi connectivity index (χ0) is 24.8. The van der Waals surface area contributed by atoms with Gasteiger partial charge < -0.3 is 24.4 Å². The fourth-order valence-corrected chi connectivity index (χ4v) is 4.65. The first-order valence-corrected chi connectivity index (χ1v) is 11.5. The van der Waals surface area contributed by atoms with Crippen LogP contribution in [0.4, 0.5) is 5.82 Å². The Bertz CT molecular complexity index is 1120. The molecule has 9 nitrogen and oxygen atoms in total. The summed E-state index contributed by atoms with van der Waals surface area (Å²) in [5, 5.41) is 2.43. The number of anilines is 1. The highest BCUT2D eigenvalue weighted by Gasteiger charge is 2.35. The summed E-state index contributed by atoms with van der Waals surface area (Å²) in [5.74, 6) is 0.809. The van der Waals surface area contributed by atoms with E-state index in [0.29, 0.717) is 35.0 Å². The number of esters is 1. The highest BCUT2D eigenvalue weighted by molar-refractivity contribution is 8.00. The van der Waals surface area contributed by atoms with Gasteiger partial charge in [0, 0.05) is 18.3 Å². The number of carbonyl (C=O) groups is 3. The van der Waals surface area contributed by atoms with Crippen molar-refractivity contribution in [3.05, 3.63) is 58.8 Å². The Labute approximate surface area is 202 Å². The van der Waals surface area contributed by atoms with Crippen molar-refractivity contribution in [2.75, 3.05) is 32.4 Å². The van der Waals surface area contributed by atoms with Gasteiger partial charge in [-0.05, 0) is 49.2 Å². The van der Waals surface area contributed by atoms with E-state index in [1.54, 1.807) is 32.1 Å². The Balaban J connectivity index is 1.66. The van der Waals surface area contributed by atoms with Gasteiger partial charge >= 0.3 is 5.97 Å². The molecule has 1 atom stereocenters. The van der Waals surface area contributed by atoms with Crippen LogP contribution in [0.1, 0.15) is 29.8 Å². The van der Waals surface area contributed by atoms with Crippen LogP contribution in [0.2, 0.25) is 0 Å². The van der Waals surface area contributed by atoms with Gasteiger partial charge in [-0.15, -0.1) is 11.8 Å². The van der Waals surface area contributed by atoms with E-state index in [-0.39, 0.29) is 22.9 Å². The summed E-state index contributed by atoms with van der Waals surface area (Å²) in [6.45, 7) is 4.07. The molecule has 2 amide bonds. The van der Waals surface area contributed by atoms with E-state index in [0.717, 1.165) is 11.1 Å². The standard InChI is InChI=1S/C24H27N3O6S/c1-14-15(2)23(27(22(14)29)12-16-6-8-18(31-3)19(10-16)32-4)34-13-21(28)26-20-9-7-17(11-25-20)24(30)33-5/h6-11,23H,12-13H2,1-5H3,(H,25,26,28). The topological polar surface area (TPSA) is 107 Å². The van der Waals surface area contributed by atoms with Crippen molar-refractivity contribution < 1.29 is 28.6 Å². The van der Waals surface area contributed by atoms with Crippen LogP contribution in [0.3, 0.4) is 0 Å². The highest BCUT2D eigenvalue weighted by Crippen LogP contribution is 2.35. The number of methoxy groups -OCH3 is 3. The van der Waals surface area contributed by atoms with Crippen LogP contribution in [0.5, 0.6) is 11.5 Å². The minimum atomic E-state index is -0.501. The Morgan fingerprint density at radius 3 is 2.44 bits per heavy atom.